The molecule has 0 aromatic carbocycles. The first kappa shape index (κ1) is 13.0. The lowest BCUT2D eigenvalue weighted by Gasteiger charge is -2.20. The maximum atomic E-state index is 12.1. The van der Waals surface area contributed by atoms with E-state index >= 15 is 0 Å². The summed E-state index contributed by atoms with van der Waals surface area (Å²) in [7, 11) is 0. The summed E-state index contributed by atoms with van der Waals surface area (Å²) in [5, 5.41) is 3.71. The second kappa shape index (κ2) is 5.48. The molecule has 6 nitrogen and oxygen atoms in total. The Bertz CT molecular complexity index is 469. The standard InChI is InChI=1S/C12H18N2O4/c1-8(2)11-13-18-12(16)14(11)7-10(15)9-3-5-17-6-4-9/h8-9H,3-7H2,1-2H3. The van der Waals surface area contributed by atoms with Crippen LogP contribution in [0, 0.1) is 5.92 Å². The van der Waals surface area contributed by atoms with E-state index in [4.69, 9.17) is 4.74 Å². The molecule has 1 saturated heterocycles. The van der Waals surface area contributed by atoms with Gasteiger partial charge in [-0.3, -0.25) is 13.9 Å². The van der Waals surface area contributed by atoms with E-state index < -0.39 is 5.76 Å². The summed E-state index contributed by atoms with van der Waals surface area (Å²) in [6, 6.07) is 0. The van der Waals surface area contributed by atoms with E-state index in [2.05, 4.69) is 9.68 Å². The monoisotopic (exact) mass is 254 g/mol. The van der Waals surface area contributed by atoms with Gasteiger partial charge in [-0.25, -0.2) is 4.79 Å². The molecule has 0 spiro atoms. The molecule has 2 rings (SSSR count). The SMILES string of the molecule is CC(C)c1noc(=O)n1CC(=O)C1CCOCC1. The summed E-state index contributed by atoms with van der Waals surface area (Å²) < 4.78 is 11.2. The van der Waals surface area contributed by atoms with E-state index in [1.807, 2.05) is 13.8 Å². The van der Waals surface area contributed by atoms with Crippen LogP contribution in [0.15, 0.2) is 9.32 Å². The maximum Gasteiger partial charge on any atom is 0.442 e. The second-order valence-corrected chi connectivity index (χ2v) is 4.90. The first-order chi connectivity index (χ1) is 8.59. The van der Waals surface area contributed by atoms with Crippen molar-refractivity contribution >= 4 is 5.78 Å². The fourth-order valence-electron chi connectivity index (χ4n) is 2.15. The first-order valence-corrected chi connectivity index (χ1v) is 6.26. The predicted octanol–water partition coefficient (Wildman–Crippen LogP) is 0.955. The molecule has 0 saturated carbocycles. The smallest absolute Gasteiger partial charge is 0.381 e. The van der Waals surface area contributed by atoms with E-state index in [1.165, 1.54) is 4.57 Å². The highest BCUT2D eigenvalue weighted by Crippen LogP contribution is 2.17. The quantitative estimate of drug-likeness (QED) is 0.800. The summed E-state index contributed by atoms with van der Waals surface area (Å²) in [4.78, 5) is 23.6. The van der Waals surface area contributed by atoms with Crippen LogP contribution in [-0.2, 0) is 16.1 Å². The Labute approximate surface area is 105 Å². The van der Waals surface area contributed by atoms with Crippen molar-refractivity contribution in [1.82, 2.24) is 9.72 Å². The van der Waals surface area contributed by atoms with Crippen LogP contribution in [0.5, 0.6) is 0 Å². The molecule has 1 aromatic heterocycles. The van der Waals surface area contributed by atoms with Crippen molar-refractivity contribution in [2.45, 2.75) is 39.2 Å². The third-order valence-electron chi connectivity index (χ3n) is 3.22. The molecule has 0 unspecified atom stereocenters. The molecule has 2 heterocycles. The van der Waals surface area contributed by atoms with Gasteiger partial charge in [0.2, 0.25) is 0 Å². The summed E-state index contributed by atoms with van der Waals surface area (Å²) in [6.07, 6.45) is 1.46. The van der Waals surface area contributed by atoms with E-state index in [1.54, 1.807) is 0 Å². The van der Waals surface area contributed by atoms with Crippen molar-refractivity contribution < 1.29 is 14.1 Å². The highest BCUT2D eigenvalue weighted by atomic mass is 16.5. The summed E-state index contributed by atoms with van der Waals surface area (Å²) >= 11 is 0. The second-order valence-electron chi connectivity index (χ2n) is 4.90. The Morgan fingerprint density at radius 1 is 1.44 bits per heavy atom. The van der Waals surface area contributed by atoms with Gasteiger partial charge < -0.3 is 4.74 Å². The van der Waals surface area contributed by atoms with Crippen LogP contribution in [0.3, 0.4) is 0 Å². The Morgan fingerprint density at radius 2 is 2.11 bits per heavy atom. The van der Waals surface area contributed by atoms with Crippen LogP contribution in [0.25, 0.3) is 0 Å². The van der Waals surface area contributed by atoms with Gasteiger partial charge in [0.15, 0.2) is 11.6 Å². The minimum absolute atomic E-state index is 0.0134. The molecule has 0 amide bonds. The molecule has 0 radical (unpaired) electrons. The average Bonchev–Trinajstić information content (AvgIpc) is 2.72. The zero-order chi connectivity index (χ0) is 13.1. The van der Waals surface area contributed by atoms with Gasteiger partial charge in [0.1, 0.15) is 0 Å². The molecule has 18 heavy (non-hydrogen) atoms. The number of aromatic nitrogens is 2. The highest BCUT2D eigenvalue weighted by Gasteiger charge is 2.24. The van der Waals surface area contributed by atoms with Gasteiger partial charge in [-0.05, 0) is 12.8 Å². The molecular weight excluding hydrogens is 236 g/mol. The van der Waals surface area contributed by atoms with E-state index in [0.29, 0.717) is 19.0 Å². The molecule has 100 valence electrons. The lowest BCUT2D eigenvalue weighted by Crippen LogP contribution is -2.30. The minimum atomic E-state index is -0.556. The topological polar surface area (TPSA) is 74.3 Å². The largest absolute Gasteiger partial charge is 0.442 e. The van der Waals surface area contributed by atoms with Crippen LogP contribution in [-0.4, -0.2) is 28.7 Å². The predicted molar refractivity (Wildman–Crippen MR) is 63.4 cm³/mol. The Kier molecular flexibility index (Phi) is 3.96. The molecule has 1 aliphatic heterocycles. The van der Waals surface area contributed by atoms with E-state index in [-0.39, 0.29) is 24.2 Å². The highest BCUT2D eigenvalue weighted by molar-refractivity contribution is 5.80. The van der Waals surface area contributed by atoms with Crippen LogP contribution < -0.4 is 5.76 Å². The molecule has 0 bridgehead atoms. The van der Waals surface area contributed by atoms with E-state index in [0.717, 1.165) is 12.8 Å². The van der Waals surface area contributed by atoms with E-state index in [9.17, 15) is 9.59 Å². The van der Waals surface area contributed by atoms with Crippen molar-refractivity contribution in [3.63, 3.8) is 0 Å². The number of ether oxygens (including phenoxy) is 1. The van der Waals surface area contributed by atoms with Crippen LogP contribution in [0.1, 0.15) is 38.4 Å². The molecule has 0 aliphatic carbocycles. The van der Waals surface area contributed by atoms with Gasteiger partial charge in [0.25, 0.3) is 0 Å². The fraction of sp³-hybridized carbons (Fsp3) is 0.750. The molecule has 1 fully saturated rings. The Balaban J connectivity index is 2.11. The first-order valence-electron chi connectivity index (χ1n) is 6.26. The fourth-order valence-corrected chi connectivity index (χ4v) is 2.15. The van der Waals surface area contributed by atoms with Gasteiger partial charge in [0.05, 0.1) is 6.54 Å². The maximum absolute atomic E-state index is 12.1. The number of carbonyl (C=O) groups is 1. The lowest BCUT2D eigenvalue weighted by molar-refractivity contribution is -0.126. The van der Waals surface area contributed by atoms with Crippen molar-refractivity contribution in [3.05, 3.63) is 16.4 Å². The number of nitrogens with zero attached hydrogens (tertiary/aromatic N) is 2. The van der Waals surface area contributed by atoms with Gasteiger partial charge >= 0.3 is 5.76 Å². The van der Waals surface area contributed by atoms with Gasteiger partial charge in [-0.2, -0.15) is 0 Å². The van der Waals surface area contributed by atoms with Crippen molar-refractivity contribution in [2.24, 2.45) is 5.92 Å². The summed E-state index contributed by atoms with van der Waals surface area (Å²) in [5.74, 6) is 0.0736. The molecule has 1 aromatic rings. The minimum Gasteiger partial charge on any atom is -0.381 e. The summed E-state index contributed by atoms with van der Waals surface area (Å²) in [5.41, 5.74) is 0. The van der Waals surface area contributed by atoms with Gasteiger partial charge in [-0.1, -0.05) is 19.0 Å². The number of ketones is 1. The van der Waals surface area contributed by atoms with Crippen LogP contribution >= 0.6 is 0 Å². The third-order valence-corrected chi connectivity index (χ3v) is 3.22. The zero-order valence-corrected chi connectivity index (χ0v) is 10.7. The molecular formula is C12H18N2O4. The number of hydrogen-bond acceptors (Lipinski definition) is 5. The average molecular weight is 254 g/mol. The molecule has 0 atom stereocenters. The number of Topliss-reactive ketones (excluding diaryl/α,β-unsaturated/α-hetero) is 1. The Hall–Kier alpha value is -1.43. The van der Waals surface area contributed by atoms with Crippen LogP contribution in [0.4, 0.5) is 0 Å². The number of hydrogen-bond donors (Lipinski definition) is 0. The van der Waals surface area contributed by atoms with Crippen molar-refractivity contribution in [2.75, 3.05) is 13.2 Å². The zero-order valence-electron chi connectivity index (χ0n) is 10.7. The van der Waals surface area contributed by atoms with Gasteiger partial charge in [-0.15, -0.1) is 0 Å². The lowest BCUT2D eigenvalue weighted by atomic mass is 9.95. The van der Waals surface area contributed by atoms with Crippen LogP contribution in [0.2, 0.25) is 0 Å². The molecule has 1 aliphatic rings. The number of carbonyl (C=O) groups excluding carboxylic acids is 1. The normalized spacial score (nSPS) is 17.3. The van der Waals surface area contributed by atoms with Crippen molar-refractivity contribution in [1.29, 1.82) is 0 Å². The molecule has 6 heteroatoms. The number of rotatable bonds is 4. The third kappa shape index (κ3) is 2.69. The van der Waals surface area contributed by atoms with Gasteiger partial charge in [0, 0.05) is 25.0 Å². The van der Waals surface area contributed by atoms with Crippen molar-refractivity contribution in [3.8, 4) is 0 Å². The molecule has 0 N–H and O–H groups in total. The summed E-state index contributed by atoms with van der Waals surface area (Å²) in [6.45, 7) is 5.11. The Morgan fingerprint density at radius 3 is 2.72 bits per heavy atom.